The molecule has 0 fully saturated rings. The van der Waals surface area contributed by atoms with E-state index in [1.807, 2.05) is 18.9 Å². The second-order valence-corrected chi connectivity index (χ2v) is 7.68. The molecule has 0 unspecified atom stereocenters. The van der Waals surface area contributed by atoms with E-state index in [1.165, 1.54) is 0 Å². The average molecular weight is 451 g/mol. The topological polar surface area (TPSA) is 54.5 Å². The Morgan fingerprint density at radius 2 is 1.63 bits per heavy atom. The lowest BCUT2D eigenvalue weighted by atomic mass is 10.2. The Kier molecular flexibility index (Phi) is 8.54. The van der Waals surface area contributed by atoms with Crippen LogP contribution in [-0.2, 0) is 6.54 Å². The van der Waals surface area contributed by atoms with Crippen LogP contribution in [0.1, 0.15) is 47.8 Å². The van der Waals surface area contributed by atoms with Gasteiger partial charge in [0, 0.05) is 6.54 Å². The molecule has 5 nitrogen and oxygen atoms in total. The molecule has 0 bridgehead atoms. The zero-order valence-electron chi connectivity index (χ0n) is 16.8. The quantitative estimate of drug-likeness (QED) is 0.179. The summed E-state index contributed by atoms with van der Waals surface area (Å²) < 4.78 is 72.2. The van der Waals surface area contributed by atoms with E-state index >= 15 is 0 Å². The fourth-order valence-corrected chi connectivity index (χ4v) is 3.48. The number of benzene rings is 1. The minimum Gasteiger partial charge on any atom is -0.416 e. The number of ether oxygens (including phenoxy) is 1. The van der Waals surface area contributed by atoms with Crippen LogP contribution in [0.5, 0.6) is 5.75 Å². The summed E-state index contributed by atoms with van der Waals surface area (Å²) in [7, 11) is 1.88. The average Bonchev–Trinajstić information content (AvgIpc) is 3.13. The summed E-state index contributed by atoms with van der Waals surface area (Å²) in [6.45, 7) is 5.61. The van der Waals surface area contributed by atoms with E-state index in [2.05, 4.69) is 22.0 Å². The predicted octanol–water partition coefficient (Wildman–Crippen LogP) is 5.11. The lowest BCUT2D eigenvalue weighted by Crippen LogP contribution is -2.18. The number of aromatic nitrogens is 1. The van der Waals surface area contributed by atoms with Crippen LogP contribution in [0.4, 0.5) is 27.8 Å². The van der Waals surface area contributed by atoms with E-state index in [4.69, 9.17) is 0 Å². The molecule has 0 spiro atoms. The lowest BCUT2D eigenvalue weighted by molar-refractivity contribution is 0.0722. The Morgan fingerprint density at radius 3 is 2.20 bits per heavy atom. The van der Waals surface area contributed by atoms with Gasteiger partial charge in [-0.15, -0.1) is 11.3 Å². The smallest absolute Gasteiger partial charge is 0.357 e. The minimum atomic E-state index is -2.33. The molecule has 1 heterocycles. The number of anilines is 1. The normalized spacial score (nSPS) is 11.2. The number of esters is 1. The fraction of sp³-hybridized carbons (Fsp3) is 0.474. The summed E-state index contributed by atoms with van der Waals surface area (Å²) in [6.07, 6.45) is 2.68. The zero-order valence-corrected chi connectivity index (χ0v) is 17.6. The molecule has 0 amide bonds. The molecular weight excluding hydrogens is 429 g/mol. The summed E-state index contributed by atoms with van der Waals surface area (Å²) in [5.41, 5.74) is 0. The first kappa shape index (κ1) is 24.0. The van der Waals surface area contributed by atoms with Gasteiger partial charge in [0.2, 0.25) is 34.8 Å². The molecule has 11 heteroatoms. The minimum absolute atomic E-state index is 0.119. The van der Waals surface area contributed by atoms with Crippen molar-refractivity contribution < 1.29 is 31.5 Å². The van der Waals surface area contributed by atoms with Gasteiger partial charge in [-0.3, -0.25) is 4.90 Å². The van der Waals surface area contributed by atoms with Crippen LogP contribution in [0.25, 0.3) is 0 Å². The molecule has 1 N–H and O–H groups in total. The number of rotatable bonds is 10. The molecule has 0 aliphatic heterocycles. The van der Waals surface area contributed by atoms with Crippen molar-refractivity contribution in [3.8, 4) is 5.75 Å². The number of unbranched alkanes of at least 4 members (excludes halogenated alkanes) is 1. The SMILES string of the molecule is CCCCN(C)Cc1nc(NCCC)c(C(=O)Oc2c(F)c(F)c(F)c(F)c2F)s1. The van der Waals surface area contributed by atoms with E-state index in [1.54, 1.807) is 0 Å². The van der Waals surface area contributed by atoms with Gasteiger partial charge < -0.3 is 10.1 Å². The number of hydrogen-bond donors (Lipinski definition) is 1. The predicted molar refractivity (Wildman–Crippen MR) is 103 cm³/mol. The molecule has 166 valence electrons. The van der Waals surface area contributed by atoms with E-state index in [0.29, 0.717) is 24.5 Å². The molecular formula is C19H22F5N3O2S. The summed E-state index contributed by atoms with van der Waals surface area (Å²) >= 11 is 0.926. The lowest BCUT2D eigenvalue weighted by Gasteiger charge is -2.13. The number of thiazole rings is 1. The molecule has 0 saturated carbocycles. The molecule has 2 aromatic rings. The molecule has 1 aromatic heterocycles. The van der Waals surface area contributed by atoms with Crippen LogP contribution in [-0.4, -0.2) is 36.0 Å². The van der Waals surface area contributed by atoms with Gasteiger partial charge in [0.25, 0.3) is 0 Å². The van der Waals surface area contributed by atoms with Crippen molar-refractivity contribution in [1.29, 1.82) is 0 Å². The van der Waals surface area contributed by atoms with Crippen molar-refractivity contribution >= 4 is 23.1 Å². The number of halogens is 5. The second kappa shape index (κ2) is 10.7. The Balaban J connectivity index is 2.32. The fourth-order valence-electron chi connectivity index (χ4n) is 2.49. The molecule has 0 aliphatic rings. The maximum Gasteiger partial charge on any atom is 0.357 e. The number of carbonyl (C=O) groups is 1. The van der Waals surface area contributed by atoms with Gasteiger partial charge in [-0.25, -0.2) is 22.9 Å². The number of nitrogens with one attached hydrogen (secondary N) is 1. The zero-order chi connectivity index (χ0) is 22.4. The maximum absolute atomic E-state index is 13.8. The molecule has 0 saturated heterocycles. The van der Waals surface area contributed by atoms with Gasteiger partial charge in [0.15, 0.2) is 10.7 Å². The molecule has 30 heavy (non-hydrogen) atoms. The third kappa shape index (κ3) is 5.45. The van der Waals surface area contributed by atoms with Crippen molar-refractivity contribution in [2.24, 2.45) is 0 Å². The highest BCUT2D eigenvalue weighted by Crippen LogP contribution is 2.32. The first-order valence-electron chi connectivity index (χ1n) is 9.36. The third-order valence-electron chi connectivity index (χ3n) is 4.06. The van der Waals surface area contributed by atoms with Gasteiger partial charge in [0.05, 0.1) is 6.54 Å². The second-order valence-electron chi connectivity index (χ2n) is 6.59. The maximum atomic E-state index is 13.8. The Hall–Kier alpha value is -2.27. The first-order valence-corrected chi connectivity index (χ1v) is 10.2. The number of hydrogen-bond acceptors (Lipinski definition) is 6. The summed E-state index contributed by atoms with van der Waals surface area (Å²) in [6, 6.07) is 0. The number of nitrogens with zero attached hydrogens (tertiary/aromatic N) is 2. The molecule has 0 atom stereocenters. The molecule has 0 aliphatic carbocycles. The van der Waals surface area contributed by atoms with E-state index in [0.717, 1.165) is 30.7 Å². The van der Waals surface area contributed by atoms with Gasteiger partial charge in [-0.2, -0.15) is 8.78 Å². The van der Waals surface area contributed by atoms with Crippen LogP contribution < -0.4 is 10.1 Å². The van der Waals surface area contributed by atoms with Crippen molar-refractivity contribution in [3.63, 3.8) is 0 Å². The van der Waals surface area contributed by atoms with Gasteiger partial charge in [0.1, 0.15) is 5.01 Å². The Bertz CT molecular complexity index is 878. The van der Waals surface area contributed by atoms with Crippen LogP contribution in [0, 0.1) is 29.1 Å². The first-order chi connectivity index (χ1) is 14.2. The van der Waals surface area contributed by atoms with Crippen molar-refractivity contribution in [2.75, 3.05) is 25.5 Å². The summed E-state index contributed by atoms with van der Waals surface area (Å²) in [4.78, 5) is 18.7. The Morgan fingerprint density at radius 1 is 1.03 bits per heavy atom. The van der Waals surface area contributed by atoms with E-state index in [9.17, 15) is 26.7 Å². The summed E-state index contributed by atoms with van der Waals surface area (Å²) in [5, 5.41) is 3.45. The highest BCUT2D eigenvalue weighted by Gasteiger charge is 2.30. The third-order valence-corrected chi connectivity index (χ3v) is 5.08. The van der Waals surface area contributed by atoms with Crippen LogP contribution in [0.3, 0.4) is 0 Å². The van der Waals surface area contributed by atoms with Gasteiger partial charge in [-0.1, -0.05) is 20.3 Å². The highest BCUT2D eigenvalue weighted by molar-refractivity contribution is 7.14. The van der Waals surface area contributed by atoms with Crippen molar-refractivity contribution in [2.45, 2.75) is 39.7 Å². The molecule has 0 radical (unpaired) electrons. The van der Waals surface area contributed by atoms with Gasteiger partial charge >= 0.3 is 5.97 Å². The van der Waals surface area contributed by atoms with Gasteiger partial charge in [-0.05, 0) is 26.4 Å². The van der Waals surface area contributed by atoms with Crippen LogP contribution in [0.2, 0.25) is 0 Å². The monoisotopic (exact) mass is 451 g/mol. The Labute approximate surface area is 174 Å². The highest BCUT2D eigenvalue weighted by atomic mass is 32.1. The van der Waals surface area contributed by atoms with Crippen LogP contribution >= 0.6 is 11.3 Å². The van der Waals surface area contributed by atoms with E-state index < -0.39 is 40.8 Å². The standard InChI is InChI=1S/C19H22F5N3O2S/c1-4-6-8-27(3)9-10-26-18(25-7-5-2)17(30-10)19(28)29-16-14(23)12(21)11(20)13(22)15(16)24/h25H,4-9H2,1-3H3. The molecule has 1 aromatic carbocycles. The van der Waals surface area contributed by atoms with E-state index in [-0.39, 0.29) is 10.7 Å². The van der Waals surface area contributed by atoms with Crippen LogP contribution in [0.15, 0.2) is 0 Å². The molecule has 2 rings (SSSR count). The summed E-state index contributed by atoms with van der Waals surface area (Å²) in [5.74, 6) is -13.9. The van der Waals surface area contributed by atoms with Crippen molar-refractivity contribution in [3.05, 3.63) is 39.0 Å². The number of carbonyl (C=O) groups excluding carboxylic acids is 1. The largest absolute Gasteiger partial charge is 0.416 e. The van der Waals surface area contributed by atoms with Crippen molar-refractivity contribution in [1.82, 2.24) is 9.88 Å².